The second kappa shape index (κ2) is 15.0. The molecule has 290 valence electrons. The molecule has 4 heteroatoms. The summed E-state index contributed by atoms with van der Waals surface area (Å²) in [5.41, 5.74) is 18.4. The largest absolute Gasteiger partial charge is 0.309 e. The molecule has 0 saturated heterocycles. The maximum absolute atomic E-state index is 4.93. The summed E-state index contributed by atoms with van der Waals surface area (Å²) in [4.78, 5) is 9.79. The van der Waals surface area contributed by atoms with Crippen LogP contribution in [0.1, 0.15) is 0 Å². The Hall–Kier alpha value is -7.92. The fourth-order valence-corrected chi connectivity index (χ4v) is 10.4. The van der Waals surface area contributed by atoms with Crippen LogP contribution in [0.15, 0.2) is 225 Å². The van der Waals surface area contributed by atoms with Gasteiger partial charge < -0.3 is 4.57 Å². The van der Waals surface area contributed by atoms with Crippen molar-refractivity contribution in [3.05, 3.63) is 225 Å². The molecular formula is C58H37N3S. The summed E-state index contributed by atoms with van der Waals surface area (Å²) in [7, 11) is 0. The van der Waals surface area contributed by atoms with Gasteiger partial charge in [-0.05, 0) is 98.1 Å². The Balaban J connectivity index is 0.947. The molecule has 0 fully saturated rings. The van der Waals surface area contributed by atoms with Gasteiger partial charge in [-0.3, -0.25) is 0 Å². The standard InChI is InChI=1S/C58H37N3S/c1-4-13-38(14-5-1)41-25-27-42(28-26-41)49-23-12-24-50-56-58(62-57(49)50)55(59-37-60-56)47-21-10-19-43(33-47)44-20-11-22-48(34-44)61-53-31-29-45(39-15-6-2-7-16-39)35-51(53)52-36-46(30-32-54(52)61)40-17-8-3-9-18-40/h1-37H. The Morgan fingerprint density at radius 3 is 1.45 bits per heavy atom. The zero-order chi connectivity index (χ0) is 41.0. The van der Waals surface area contributed by atoms with E-state index in [0.717, 1.165) is 43.7 Å². The molecular weight excluding hydrogens is 771 g/mol. The lowest BCUT2D eigenvalue weighted by molar-refractivity contribution is 1.18. The van der Waals surface area contributed by atoms with Crippen molar-refractivity contribution in [2.75, 3.05) is 0 Å². The summed E-state index contributed by atoms with van der Waals surface area (Å²) < 4.78 is 4.73. The predicted octanol–water partition coefficient (Wildman–Crippen LogP) is 15.9. The molecule has 3 aromatic heterocycles. The molecule has 9 aromatic carbocycles. The first-order valence-electron chi connectivity index (χ1n) is 21.0. The van der Waals surface area contributed by atoms with Gasteiger partial charge in [-0.25, -0.2) is 9.97 Å². The first-order valence-corrected chi connectivity index (χ1v) is 21.8. The normalized spacial score (nSPS) is 11.5. The number of nitrogens with zero attached hydrogens (tertiary/aromatic N) is 3. The van der Waals surface area contributed by atoms with E-state index in [4.69, 9.17) is 9.97 Å². The van der Waals surface area contributed by atoms with Crippen molar-refractivity contribution in [3.8, 4) is 72.6 Å². The van der Waals surface area contributed by atoms with E-state index in [-0.39, 0.29) is 0 Å². The van der Waals surface area contributed by atoms with Crippen LogP contribution < -0.4 is 0 Å². The number of benzene rings is 9. The zero-order valence-electron chi connectivity index (χ0n) is 33.6. The highest BCUT2D eigenvalue weighted by atomic mass is 32.1. The predicted molar refractivity (Wildman–Crippen MR) is 262 cm³/mol. The van der Waals surface area contributed by atoms with E-state index in [9.17, 15) is 0 Å². The van der Waals surface area contributed by atoms with Crippen LogP contribution in [0.5, 0.6) is 0 Å². The molecule has 0 radical (unpaired) electrons. The van der Waals surface area contributed by atoms with Gasteiger partial charge in [-0.1, -0.05) is 176 Å². The average Bonchev–Trinajstić information content (AvgIpc) is 3.90. The van der Waals surface area contributed by atoms with Crippen LogP contribution in [0.2, 0.25) is 0 Å². The van der Waals surface area contributed by atoms with Crippen molar-refractivity contribution in [2.24, 2.45) is 0 Å². The fraction of sp³-hybridized carbons (Fsp3) is 0. The molecule has 0 bridgehead atoms. The van der Waals surface area contributed by atoms with Gasteiger partial charge in [0.1, 0.15) is 6.33 Å². The van der Waals surface area contributed by atoms with Crippen molar-refractivity contribution in [1.82, 2.24) is 14.5 Å². The van der Waals surface area contributed by atoms with Crippen LogP contribution in [0.25, 0.3) is 115 Å². The van der Waals surface area contributed by atoms with E-state index in [2.05, 4.69) is 223 Å². The Morgan fingerprint density at radius 1 is 0.323 bits per heavy atom. The minimum Gasteiger partial charge on any atom is -0.309 e. The summed E-state index contributed by atoms with van der Waals surface area (Å²) in [6.07, 6.45) is 1.72. The molecule has 12 rings (SSSR count). The molecule has 3 nitrogen and oxygen atoms in total. The Kier molecular flexibility index (Phi) is 8.68. The molecule has 0 aliphatic heterocycles. The first kappa shape index (κ1) is 36.0. The number of fused-ring (bicyclic) bond motifs is 6. The lowest BCUT2D eigenvalue weighted by Gasteiger charge is -2.12. The third-order valence-electron chi connectivity index (χ3n) is 12.1. The quantitative estimate of drug-likeness (QED) is 0.161. The molecule has 62 heavy (non-hydrogen) atoms. The van der Waals surface area contributed by atoms with Gasteiger partial charge in [0.15, 0.2) is 0 Å². The smallest absolute Gasteiger partial charge is 0.116 e. The zero-order valence-corrected chi connectivity index (χ0v) is 34.4. The Bertz CT molecular complexity index is 3510. The molecule has 0 spiro atoms. The third-order valence-corrected chi connectivity index (χ3v) is 13.4. The Labute approximate surface area is 363 Å². The molecule has 0 amide bonds. The first-order chi connectivity index (χ1) is 30.7. The van der Waals surface area contributed by atoms with Crippen molar-refractivity contribution >= 4 is 53.4 Å². The van der Waals surface area contributed by atoms with E-state index in [1.807, 2.05) is 0 Å². The number of rotatable bonds is 7. The molecule has 12 aromatic rings. The van der Waals surface area contributed by atoms with E-state index < -0.39 is 0 Å². The lowest BCUT2D eigenvalue weighted by Crippen LogP contribution is -1.94. The van der Waals surface area contributed by atoms with Crippen LogP contribution in [0.4, 0.5) is 0 Å². The second-order valence-corrected chi connectivity index (χ2v) is 16.8. The molecule has 0 atom stereocenters. The van der Waals surface area contributed by atoms with Crippen LogP contribution in [-0.4, -0.2) is 14.5 Å². The summed E-state index contributed by atoms with van der Waals surface area (Å²) in [5.74, 6) is 0. The highest BCUT2D eigenvalue weighted by molar-refractivity contribution is 7.26. The van der Waals surface area contributed by atoms with E-state index in [0.29, 0.717) is 0 Å². The minimum absolute atomic E-state index is 0.949. The molecule has 0 saturated carbocycles. The molecule has 3 heterocycles. The van der Waals surface area contributed by atoms with Crippen molar-refractivity contribution in [1.29, 1.82) is 0 Å². The van der Waals surface area contributed by atoms with E-state index >= 15 is 0 Å². The summed E-state index contributed by atoms with van der Waals surface area (Å²) in [6.45, 7) is 0. The van der Waals surface area contributed by atoms with Gasteiger partial charge >= 0.3 is 0 Å². The summed E-state index contributed by atoms with van der Waals surface area (Å²) >= 11 is 1.78. The van der Waals surface area contributed by atoms with E-state index in [1.54, 1.807) is 17.7 Å². The van der Waals surface area contributed by atoms with Gasteiger partial charge in [0.2, 0.25) is 0 Å². The SMILES string of the molecule is c1ccc(-c2ccc(-c3cccc4c3sc3c(-c5cccc(-c6cccc(-n7c8ccc(-c9ccccc9)cc8c8cc(-c9ccccc9)ccc87)c6)c5)ncnc34)cc2)cc1. The van der Waals surface area contributed by atoms with Gasteiger partial charge in [0.05, 0.1) is 26.9 Å². The maximum atomic E-state index is 4.93. The summed E-state index contributed by atoms with van der Waals surface area (Å²) in [6, 6.07) is 78.8. The van der Waals surface area contributed by atoms with Crippen molar-refractivity contribution in [2.45, 2.75) is 0 Å². The highest BCUT2D eigenvalue weighted by Gasteiger charge is 2.18. The van der Waals surface area contributed by atoms with Gasteiger partial charge in [0.25, 0.3) is 0 Å². The molecule has 0 aliphatic rings. The third kappa shape index (κ3) is 6.20. The topological polar surface area (TPSA) is 30.7 Å². The van der Waals surface area contributed by atoms with Crippen molar-refractivity contribution < 1.29 is 0 Å². The fourth-order valence-electron chi connectivity index (χ4n) is 9.10. The van der Waals surface area contributed by atoms with Crippen LogP contribution in [0, 0.1) is 0 Å². The van der Waals surface area contributed by atoms with E-state index in [1.165, 1.54) is 71.0 Å². The average molecular weight is 808 g/mol. The van der Waals surface area contributed by atoms with Crippen LogP contribution >= 0.6 is 11.3 Å². The van der Waals surface area contributed by atoms with Gasteiger partial charge in [-0.15, -0.1) is 11.3 Å². The second-order valence-electron chi connectivity index (χ2n) is 15.8. The van der Waals surface area contributed by atoms with Gasteiger partial charge in [-0.2, -0.15) is 0 Å². The number of hydrogen-bond acceptors (Lipinski definition) is 3. The summed E-state index contributed by atoms with van der Waals surface area (Å²) in [5, 5.41) is 3.62. The van der Waals surface area contributed by atoms with Crippen LogP contribution in [0.3, 0.4) is 0 Å². The lowest BCUT2D eigenvalue weighted by atomic mass is 9.99. The molecule has 0 aliphatic carbocycles. The number of aromatic nitrogens is 3. The number of hydrogen-bond donors (Lipinski definition) is 0. The number of thiophene rings is 1. The maximum Gasteiger partial charge on any atom is 0.116 e. The van der Waals surface area contributed by atoms with Crippen LogP contribution in [-0.2, 0) is 0 Å². The highest BCUT2D eigenvalue weighted by Crippen LogP contribution is 2.43. The van der Waals surface area contributed by atoms with Crippen molar-refractivity contribution in [3.63, 3.8) is 0 Å². The van der Waals surface area contributed by atoms with Gasteiger partial charge in [0, 0.05) is 32.1 Å². The molecule has 0 N–H and O–H groups in total. The Morgan fingerprint density at radius 2 is 0.806 bits per heavy atom. The molecule has 0 unspecified atom stereocenters. The minimum atomic E-state index is 0.949. The monoisotopic (exact) mass is 807 g/mol.